The second-order valence-corrected chi connectivity index (χ2v) is 12.7. The first-order valence-corrected chi connectivity index (χ1v) is 14.2. The van der Waals surface area contributed by atoms with Gasteiger partial charge < -0.3 is 24.3 Å². The third-order valence-corrected chi connectivity index (χ3v) is 8.60. The number of morpholine rings is 1. The van der Waals surface area contributed by atoms with Gasteiger partial charge in [0.2, 0.25) is 15.7 Å². The fourth-order valence-electron chi connectivity index (χ4n) is 3.87. The molecule has 0 saturated carbocycles. The number of rotatable bonds is 10. The number of anilines is 5. The van der Waals surface area contributed by atoms with Crippen molar-refractivity contribution in [3.8, 4) is 0 Å². The Morgan fingerprint density at radius 2 is 1.92 bits per heavy atom. The highest BCUT2D eigenvalue weighted by molar-refractivity contribution is 6.32. The van der Waals surface area contributed by atoms with E-state index in [4.69, 9.17) is 30.7 Å². The summed E-state index contributed by atoms with van der Waals surface area (Å²) in [6.45, 7) is 14.6. The number of nitrogens with one attached hydrogen (secondary N) is 1. The van der Waals surface area contributed by atoms with Gasteiger partial charge in [-0.05, 0) is 53.3 Å². The average molecular weight is 553 g/mol. The monoisotopic (exact) mass is 552 g/mol. The predicted octanol–water partition coefficient (Wildman–Crippen LogP) is 6.17. The van der Waals surface area contributed by atoms with Crippen molar-refractivity contribution in [3.63, 3.8) is 0 Å². The average Bonchev–Trinajstić information content (AvgIpc) is 2.89. The molecule has 2 radical (unpaired) electrons. The number of pyridine rings is 1. The smallest absolute Gasteiger partial charge is 0.236 e. The van der Waals surface area contributed by atoms with Crippen LogP contribution in [0.15, 0.2) is 42.6 Å². The van der Waals surface area contributed by atoms with E-state index in [-0.39, 0.29) is 5.04 Å². The van der Waals surface area contributed by atoms with E-state index in [9.17, 15) is 0 Å². The van der Waals surface area contributed by atoms with Gasteiger partial charge in [-0.3, -0.25) is 0 Å². The number of ether oxygens (including phenoxy) is 1. The second-order valence-electron chi connectivity index (χ2n) is 10.4. The second kappa shape index (κ2) is 12.4. The van der Waals surface area contributed by atoms with Gasteiger partial charge in [-0.25, -0.2) is 9.97 Å². The van der Waals surface area contributed by atoms with Crippen molar-refractivity contribution in [2.45, 2.75) is 46.3 Å². The normalized spacial score (nSPS) is 14.2. The Labute approximate surface area is 233 Å². The van der Waals surface area contributed by atoms with E-state index in [0.717, 1.165) is 41.5 Å². The fourth-order valence-corrected chi connectivity index (χ4v) is 4.91. The zero-order valence-electron chi connectivity index (χ0n) is 23.1. The molecule has 38 heavy (non-hydrogen) atoms. The maximum Gasteiger partial charge on any atom is 0.236 e. The number of halogens is 1. The molecule has 10 heteroatoms. The molecule has 0 bridgehead atoms. The van der Waals surface area contributed by atoms with Crippen LogP contribution in [-0.4, -0.2) is 58.1 Å². The molecule has 0 spiro atoms. The Balaban J connectivity index is 1.48. The van der Waals surface area contributed by atoms with Gasteiger partial charge in [0.25, 0.3) is 0 Å². The lowest BCUT2D eigenvalue weighted by atomic mass is 9.99. The molecule has 3 aromatic rings. The van der Waals surface area contributed by atoms with E-state index in [2.05, 4.69) is 72.9 Å². The van der Waals surface area contributed by atoms with E-state index < -0.39 is 0 Å². The van der Waals surface area contributed by atoms with Crippen LogP contribution in [0.2, 0.25) is 10.1 Å². The first kappa shape index (κ1) is 28.3. The molecule has 1 aromatic carbocycles. The number of hydrogen-bond acceptors (Lipinski definition) is 8. The minimum Gasteiger partial charge on any atom is -0.413 e. The van der Waals surface area contributed by atoms with Crippen LogP contribution >= 0.6 is 11.6 Å². The minimum absolute atomic E-state index is 0.162. The lowest BCUT2D eigenvalue weighted by Crippen LogP contribution is -2.36. The highest BCUT2D eigenvalue weighted by atomic mass is 35.5. The van der Waals surface area contributed by atoms with Gasteiger partial charge in [-0.2, -0.15) is 4.98 Å². The van der Waals surface area contributed by atoms with Crippen molar-refractivity contribution >= 4 is 50.5 Å². The largest absolute Gasteiger partial charge is 0.413 e. The maximum atomic E-state index is 6.41. The minimum atomic E-state index is 0.162. The maximum absolute atomic E-state index is 6.41. The topological polar surface area (TPSA) is 75.6 Å². The molecule has 0 amide bonds. The Kier molecular flexibility index (Phi) is 9.25. The van der Waals surface area contributed by atoms with Gasteiger partial charge in [0.15, 0.2) is 0 Å². The summed E-state index contributed by atoms with van der Waals surface area (Å²) in [7, 11) is 2.45. The molecule has 3 heterocycles. The van der Waals surface area contributed by atoms with Crippen LogP contribution in [0.25, 0.3) is 0 Å². The molecule has 0 unspecified atom stereocenters. The number of nitrogens with zero attached hydrogens (tertiary/aromatic N) is 5. The van der Waals surface area contributed by atoms with Gasteiger partial charge in [0.05, 0.1) is 19.8 Å². The zero-order chi connectivity index (χ0) is 27.3. The number of hydrogen-bond donors (Lipinski definition) is 1. The molecule has 1 fully saturated rings. The zero-order valence-corrected chi connectivity index (χ0v) is 24.8. The summed E-state index contributed by atoms with van der Waals surface area (Å²) in [5.41, 5.74) is 3.36. The number of benzene rings is 1. The van der Waals surface area contributed by atoms with E-state index in [1.54, 1.807) is 12.3 Å². The van der Waals surface area contributed by atoms with Crippen LogP contribution < -0.4 is 15.1 Å². The van der Waals surface area contributed by atoms with E-state index in [1.807, 2.05) is 19.2 Å². The Hall–Kier alpha value is -2.72. The van der Waals surface area contributed by atoms with Crippen LogP contribution in [0.4, 0.5) is 29.1 Å². The van der Waals surface area contributed by atoms with Crippen molar-refractivity contribution in [2.24, 2.45) is 5.92 Å². The molecule has 4 rings (SSSR count). The van der Waals surface area contributed by atoms with Crippen LogP contribution in [-0.2, 0) is 15.8 Å². The summed E-state index contributed by atoms with van der Waals surface area (Å²) in [6, 6.07) is 12.0. The van der Waals surface area contributed by atoms with E-state index in [0.29, 0.717) is 52.3 Å². The molecular formula is C28H37ClN6O2Si. The van der Waals surface area contributed by atoms with E-state index in [1.165, 1.54) is 0 Å². The molecule has 1 N–H and O–H groups in total. The van der Waals surface area contributed by atoms with Crippen molar-refractivity contribution in [2.75, 3.05) is 48.5 Å². The molecule has 1 aliphatic heterocycles. The summed E-state index contributed by atoms with van der Waals surface area (Å²) in [6.07, 6.45) is 1.74. The third-order valence-electron chi connectivity index (χ3n) is 6.99. The molecule has 1 saturated heterocycles. The van der Waals surface area contributed by atoms with Crippen LogP contribution in [0.3, 0.4) is 0 Å². The van der Waals surface area contributed by atoms with Crippen molar-refractivity contribution in [1.82, 2.24) is 15.0 Å². The van der Waals surface area contributed by atoms with Crippen molar-refractivity contribution in [1.29, 1.82) is 0 Å². The quantitative estimate of drug-likeness (QED) is 0.299. The highest BCUT2D eigenvalue weighted by Gasteiger charge is 2.25. The summed E-state index contributed by atoms with van der Waals surface area (Å²) in [5, 5.41) is 3.99. The van der Waals surface area contributed by atoms with Crippen molar-refractivity contribution < 1.29 is 9.16 Å². The lowest BCUT2D eigenvalue weighted by Gasteiger charge is -2.28. The first-order chi connectivity index (χ1) is 18.1. The summed E-state index contributed by atoms with van der Waals surface area (Å²) < 4.78 is 11.6. The molecule has 8 nitrogen and oxygen atoms in total. The van der Waals surface area contributed by atoms with Gasteiger partial charge in [0, 0.05) is 37.0 Å². The number of aromatic nitrogens is 3. The van der Waals surface area contributed by atoms with Crippen LogP contribution in [0.5, 0.6) is 0 Å². The Bertz CT molecular complexity index is 1240. The molecule has 0 aliphatic carbocycles. The van der Waals surface area contributed by atoms with Crippen LogP contribution in [0.1, 0.15) is 38.8 Å². The highest BCUT2D eigenvalue weighted by Crippen LogP contribution is 2.33. The molecular weight excluding hydrogens is 516 g/mol. The van der Waals surface area contributed by atoms with Gasteiger partial charge in [-0.1, -0.05) is 51.4 Å². The van der Waals surface area contributed by atoms with Crippen LogP contribution in [0, 0.1) is 12.8 Å². The predicted molar refractivity (Wildman–Crippen MR) is 156 cm³/mol. The van der Waals surface area contributed by atoms with Gasteiger partial charge in [-0.15, -0.1) is 0 Å². The summed E-state index contributed by atoms with van der Waals surface area (Å²) >= 11 is 6.41. The third kappa shape index (κ3) is 7.22. The Morgan fingerprint density at radius 1 is 1.16 bits per heavy atom. The Morgan fingerprint density at radius 3 is 2.66 bits per heavy atom. The molecule has 202 valence electrons. The fraction of sp³-hybridized carbons (Fsp3) is 0.464. The van der Waals surface area contributed by atoms with Crippen molar-refractivity contribution in [3.05, 3.63) is 58.7 Å². The summed E-state index contributed by atoms with van der Waals surface area (Å²) in [4.78, 5) is 18.1. The SMILES string of the molecule is Cc1ccc(CO[Si]C(C)(C)C(C)C)cc1N(C)c1ccnc(Nc2cc(Cl)cc(N3CCOCC3)n2)n1. The molecule has 0 atom stereocenters. The standard InChI is InChI=1S/C28H37ClN6O2Si/c1-19(2)28(4,5)38-37-18-21-8-7-20(3)23(15-21)34(6)25-9-10-30-27(33-25)32-24-16-22(29)17-26(31-24)35-11-13-36-14-12-35/h7-10,15-17,19H,11-14,18H2,1-6H3,(H,30,31,32,33). The summed E-state index contributed by atoms with van der Waals surface area (Å²) in [5.74, 6) is 3.19. The van der Waals surface area contributed by atoms with E-state index >= 15 is 0 Å². The molecule has 1 aliphatic rings. The van der Waals surface area contributed by atoms with Gasteiger partial charge in [0.1, 0.15) is 17.5 Å². The first-order valence-electron chi connectivity index (χ1n) is 12.9. The van der Waals surface area contributed by atoms with Gasteiger partial charge >= 0.3 is 0 Å². The number of aryl methyl sites for hydroxylation is 1. The lowest BCUT2D eigenvalue weighted by molar-refractivity contribution is 0.122. The molecule has 2 aromatic heterocycles.